The van der Waals surface area contributed by atoms with Gasteiger partial charge in [0.2, 0.25) is 0 Å². The summed E-state index contributed by atoms with van der Waals surface area (Å²) in [6.45, 7) is 3.41. The summed E-state index contributed by atoms with van der Waals surface area (Å²) in [7, 11) is 0. The number of fused-ring (bicyclic) bond motifs is 2. The van der Waals surface area contributed by atoms with E-state index < -0.39 is 0 Å². The van der Waals surface area contributed by atoms with Crippen LogP contribution in [-0.2, 0) is 0 Å². The van der Waals surface area contributed by atoms with Crippen LogP contribution in [0, 0.1) is 17.8 Å². The van der Waals surface area contributed by atoms with E-state index in [-0.39, 0.29) is 0 Å². The zero-order valence-electron chi connectivity index (χ0n) is 10.8. The number of benzene rings is 1. The zero-order chi connectivity index (χ0) is 12.5. The van der Waals surface area contributed by atoms with E-state index >= 15 is 0 Å². The van der Waals surface area contributed by atoms with Crippen molar-refractivity contribution in [1.82, 2.24) is 5.32 Å². The van der Waals surface area contributed by atoms with Crippen LogP contribution in [0.1, 0.15) is 31.4 Å². The highest BCUT2D eigenvalue weighted by Gasteiger charge is 2.35. The summed E-state index contributed by atoms with van der Waals surface area (Å²) < 4.78 is 1.16. The van der Waals surface area contributed by atoms with Gasteiger partial charge in [-0.05, 0) is 61.8 Å². The van der Waals surface area contributed by atoms with E-state index in [1.807, 2.05) is 0 Å². The molecule has 2 aliphatic rings. The molecule has 0 aliphatic heterocycles. The molecule has 96 valence electrons. The second-order valence-electron chi connectivity index (χ2n) is 5.73. The van der Waals surface area contributed by atoms with Crippen LogP contribution >= 0.6 is 15.9 Å². The molecule has 2 heteroatoms. The molecule has 1 nitrogen and oxygen atoms in total. The Morgan fingerprint density at radius 1 is 1.33 bits per heavy atom. The Hall–Kier alpha value is -0.600. The van der Waals surface area contributed by atoms with Crippen LogP contribution in [-0.4, -0.2) is 6.54 Å². The quantitative estimate of drug-likeness (QED) is 0.817. The number of halogens is 1. The van der Waals surface area contributed by atoms with E-state index in [9.17, 15) is 0 Å². The first-order valence-corrected chi connectivity index (χ1v) is 7.69. The van der Waals surface area contributed by atoms with E-state index in [4.69, 9.17) is 0 Å². The second-order valence-corrected chi connectivity index (χ2v) is 6.64. The van der Waals surface area contributed by atoms with Crippen molar-refractivity contribution in [1.29, 1.82) is 0 Å². The Balaban J connectivity index is 1.55. The largest absolute Gasteiger partial charge is 0.310 e. The van der Waals surface area contributed by atoms with E-state index in [2.05, 4.69) is 64.6 Å². The summed E-state index contributed by atoms with van der Waals surface area (Å²) in [5, 5.41) is 3.70. The molecule has 3 rings (SSSR count). The first-order valence-electron chi connectivity index (χ1n) is 6.89. The molecule has 1 saturated carbocycles. The lowest BCUT2D eigenvalue weighted by atomic mass is 9.93. The van der Waals surface area contributed by atoms with Crippen LogP contribution in [0.2, 0.25) is 0 Å². The van der Waals surface area contributed by atoms with Gasteiger partial charge in [0.15, 0.2) is 0 Å². The lowest BCUT2D eigenvalue weighted by molar-refractivity contribution is 0.393. The van der Waals surface area contributed by atoms with Crippen molar-refractivity contribution in [2.24, 2.45) is 17.8 Å². The van der Waals surface area contributed by atoms with Crippen molar-refractivity contribution in [2.75, 3.05) is 6.54 Å². The van der Waals surface area contributed by atoms with Gasteiger partial charge in [-0.2, -0.15) is 0 Å². The maximum Gasteiger partial charge on any atom is 0.0292 e. The highest BCUT2D eigenvalue weighted by atomic mass is 79.9. The molecule has 0 amide bonds. The number of rotatable bonds is 4. The van der Waals surface area contributed by atoms with Gasteiger partial charge in [-0.1, -0.05) is 40.2 Å². The molecule has 0 saturated heterocycles. The Kier molecular flexibility index (Phi) is 3.58. The number of hydrogen-bond acceptors (Lipinski definition) is 1. The summed E-state index contributed by atoms with van der Waals surface area (Å²) in [6, 6.07) is 9.03. The van der Waals surface area contributed by atoms with Gasteiger partial charge in [0, 0.05) is 10.5 Å². The van der Waals surface area contributed by atoms with Crippen molar-refractivity contribution < 1.29 is 0 Å². The van der Waals surface area contributed by atoms with Crippen LogP contribution in [0.25, 0.3) is 0 Å². The minimum Gasteiger partial charge on any atom is -0.310 e. The first-order chi connectivity index (χ1) is 8.72. The molecule has 4 atom stereocenters. The van der Waals surface area contributed by atoms with Crippen molar-refractivity contribution in [3.63, 3.8) is 0 Å². The molecule has 2 bridgehead atoms. The Labute approximate surface area is 118 Å². The predicted molar refractivity (Wildman–Crippen MR) is 79.4 cm³/mol. The molecule has 0 heterocycles. The molecule has 0 aromatic heterocycles. The molecule has 1 aromatic carbocycles. The molecule has 1 fully saturated rings. The van der Waals surface area contributed by atoms with Crippen LogP contribution in [0.3, 0.4) is 0 Å². The summed E-state index contributed by atoms with van der Waals surface area (Å²) in [5.74, 6) is 2.58. The van der Waals surface area contributed by atoms with E-state index in [0.29, 0.717) is 6.04 Å². The number of hydrogen-bond donors (Lipinski definition) is 1. The Bertz CT molecular complexity index is 454. The average molecular weight is 306 g/mol. The zero-order valence-corrected chi connectivity index (χ0v) is 12.4. The standard InChI is InChI=1S/C16H20BrN/c1-11(13-3-2-4-16(17)9-13)18-10-15-8-12-5-6-14(15)7-12/h2-6,9,11-12,14-15,18H,7-8,10H2,1H3. The monoisotopic (exact) mass is 305 g/mol. The van der Waals surface area contributed by atoms with Crippen molar-refractivity contribution >= 4 is 15.9 Å². The SMILES string of the molecule is CC(NCC1CC2C=CC1C2)c1cccc(Br)c1. The third-order valence-corrected chi connectivity index (χ3v) is 4.94. The fourth-order valence-electron chi connectivity index (χ4n) is 3.35. The van der Waals surface area contributed by atoms with Gasteiger partial charge in [-0.25, -0.2) is 0 Å². The first kappa shape index (κ1) is 12.4. The summed E-state index contributed by atoms with van der Waals surface area (Å²) in [4.78, 5) is 0. The molecule has 4 unspecified atom stereocenters. The summed E-state index contributed by atoms with van der Waals surface area (Å²) >= 11 is 3.54. The fourth-order valence-corrected chi connectivity index (χ4v) is 3.77. The summed E-state index contributed by atoms with van der Waals surface area (Å²) in [6.07, 6.45) is 7.64. The maximum atomic E-state index is 3.70. The van der Waals surface area contributed by atoms with E-state index in [1.54, 1.807) is 0 Å². The van der Waals surface area contributed by atoms with Gasteiger partial charge < -0.3 is 5.32 Å². The third kappa shape index (κ3) is 2.55. The second kappa shape index (κ2) is 5.18. The highest BCUT2D eigenvalue weighted by molar-refractivity contribution is 9.10. The normalized spacial score (nSPS) is 30.9. The topological polar surface area (TPSA) is 12.0 Å². The van der Waals surface area contributed by atoms with Crippen LogP contribution < -0.4 is 5.32 Å². The average Bonchev–Trinajstić information content (AvgIpc) is 2.98. The number of allylic oxidation sites excluding steroid dienone is 2. The Morgan fingerprint density at radius 3 is 2.89 bits per heavy atom. The third-order valence-electron chi connectivity index (χ3n) is 4.45. The number of nitrogens with one attached hydrogen (secondary N) is 1. The highest BCUT2D eigenvalue weighted by Crippen LogP contribution is 2.43. The molecule has 1 aromatic rings. The predicted octanol–water partition coefficient (Wildman–Crippen LogP) is 4.31. The molecular formula is C16H20BrN. The summed E-state index contributed by atoms with van der Waals surface area (Å²) in [5.41, 5.74) is 1.36. The minimum atomic E-state index is 0.436. The van der Waals surface area contributed by atoms with Gasteiger partial charge in [0.25, 0.3) is 0 Å². The maximum absolute atomic E-state index is 3.70. The molecule has 1 N–H and O–H groups in total. The van der Waals surface area contributed by atoms with Crippen LogP contribution in [0.5, 0.6) is 0 Å². The molecule has 2 aliphatic carbocycles. The molecule has 0 radical (unpaired) electrons. The molecule has 18 heavy (non-hydrogen) atoms. The lowest BCUT2D eigenvalue weighted by Crippen LogP contribution is -2.27. The Morgan fingerprint density at radius 2 is 2.22 bits per heavy atom. The van der Waals surface area contributed by atoms with Crippen molar-refractivity contribution in [3.8, 4) is 0 Å². The lowest BCUT2D eigenvalue weighted by Gasteiger charge is -2.22. The van der Waals surface area contributed by atoms with Gasteiger partial charge >= 0.3 is 0 Å². The molecular weight excluding hydrogens is 286 g/mol. The van der Waals surface area contributed by atoms with Crippen LogP contribution in [0.15, 0.2) is 40.9 Å². The van der Waals surface area contributed by atoms with Gasteiger partial charge in [-0.3, -0.25) is 0 Å². The molecule has 0 spiro atoms. The van der Waals surface area contributed by atoms with Crippen LogP contribution in [0.4, 0.5) is 0 Å². The van der Waals surface area contributed by atoms with Gasteiger partial charge in [0.05, 0.1) is 0 Å². The fraction of sp³-hybridized carbons (Fsp3) is 0.500. The minimum absolute atomic E-state index is 0.436. The van der Waals surface area contributed by atoms with Gasteiger partial charge in [-0.15, -0.1) is 0 Å². The van der Waals surface area contributed by atoms with Crippen molar-refractivity contribution in [2.45, 2.75) is 25.8 Å². The van der Waals surface area contributed by atoms with Gasteiger partial charge in [0.1, 0.15) is 0 Å². The van der Waals surface area contributed by atoms with E-state index in [0.717, 1.165) is 28.8 Å². The van der Waals surface area contributed by atoms with E-state index in [1.165, 1.54) is 18.4 Å². The smallest absolute Gasteiger partial charge is 0.0292 e. The van der Waals surface area contributed by atoms with Crippen molar-refractivity contribution in [3.05, 3.63) is 46.5 Å².